The minimum absolute atomic E-state index is 0.00786. The minimum atomic E-state index is -1.58. The number of aliphatic hydroxyl groups is 2. The van der Waals surface area contributed by atoms with Crippen LogP contribution in [0.4, 0.5) is 0 Å². The van der Waals surface area contributed by atoms with Gasteiger partial charge in [-0.05, 0) is 110 Å². The Kier molecular flexibility index (Phi) is 14.6. The summed E-state index contributed by atoms with van der Waals surface area (Å²) in [6.45, 7) is 20.9. The first kappa shape index (κ1) is 44.6. The van der Waals surface area contributed by atoms with Crippen molar-refractivity contribution < 1.29 is 48.3 Å². The molecule has 1 saturated carbocycles. The maximum Gasteiger partial charge on any atom is 0.362 e. The zero-order valence-electron chi connectivity index (χ0n) is 35.2. The summed E-state index contributed by atoms with van der Waals surface area (Å²) < 4.78 is 33.3. The normalized spacial score (nSPS) is 24.5. The average molecular weight is 807 g/mol. The molecule has 1 aromatic heterocycles. The molecule has 6 unspecified atom stereocenters. The van der Waals surface area contributed by atoms with Crippen LogP contribution in [0.1, 0.15) is 132 Å². The van der Waals surface area contributed by atoms with Crippen molar-refractivity contribution in [3.05, 3.63) is 72.1 Å². The summed E-state index contributed by atoms with van der Waals surface area (Å²) in [4.78, 5) is 33.9. The van der Waals surface area contributed by atoms with E-state index in [0.717, 1.165) is 36.8 Å². The number of benzene rings is 1. The largest absolute Gasteiger partial charge is 0.490 e. The number of aliphatic hydroxyl groups excluding tert-OH is 2. The van der Waals surface area contributed by atoms with Crippen LogP contribution in [0, 0.1) is 17.8 Å². The molecular formula is C44H62N4O10. The van der Waals surface area contributed by atoms with E-state index in [0.29, 0.717) is 43.3 Å². The van der Waals surface area contributed by atoms with E-state index in [-0.39, 0.29) is 55.4 Å². The Bertz CT molecular complexity index is 1840. The Labute approximate surface area is 342 Å². The summed E-state index contributed by atoms with van der Waals surface area (Å²) in [5.41, 5.74) is 0.0328. The maximum absolute atomic E-state index is 14.3. The van der Waals surface area contributed by atoms with Crippen LogP contribution in [0.3, 0.4) is 0 Å². The number of allylic oxidation sites excluding steroid dienone is 1. The molecule has 1 aliphatic heterocycles. The maximum atomic E-state index is 14.3. The molecule has 3 aliphatic rings. The third kappa shape index (κ3) is 9.83. The van der Waals surface area contributed by atoms with Crippen molar-refractivity contribution in [2.75, 3.05) is 33.0 Å². The lowest BCUT2D eigenvalue weighted by Gasteiger charge is -2.58. The molecule has 0 bridgehead atoms. The predicted molar refractivity (Wildman–Crippen MR) is 218 cm³/mol. The minimum Gasteiger partial charge on any atom is -0.490 e. The fourth-order valence-electron chi connectivity index (χ4n) is 8.46. The molecule has 0 saturated heterocycles. The molecule has 0 radical (unpaired) electrons. The van der Waals surface area contributed by atoms with Crippen LogP contribution in [0.2, 0.25) is 0 Å². The molecule has 6 atom stereocenters. The molecule has 5 rings (SSSR count). The van der Waals surface area contributed by atoms with Gasteiger partial charge in [-0.1, -0.05) is 48.0 Å². The van der Waals surface area contributed by atoms with E-state index in [1.165, 1.54) is 4.68 Å². The summed E-state index contributed by atoms with van der Waals surface area (Å²) in [5, 5.41) is 33.2. The summed E-state index contributed by atoms with van der Waals surface area (Å²) in [6.07, 6.45) is 10.1. The first-order valence-electron chi connectivity index (χ1n) is 20.5. The first-order chi connectivity index (χ1) is 27.6. The van der Waals surface area contributed by atoms with E-state index in [1.807, 2.05) is 25.1 Å². The van der Waals surface area contributed by atoms with Gasteiger partial charge >= 0.3 is 11.9 Å². The molecule has 2 N–H and O–H groups in total. The molecule has 2 heterocycles. The molecule has 0 amide bonds. The lowest BCUT2D eigenvalue weighted by molar-refractivity contribution is -0.252. The zero-order chi connectivity index (χ0) is 42.3. The Morgan fingerprint density at radius 2 is 1.66 bits per heavy atom. The number of nitrogens with zero attached hydrogens (tertiary/aromatic N) is 4. The van der Waals surface area contributed by atoms with Crippen molar-refractivity contribution in [2.45, 2.75) is 122 Å². The molecule has 58 heavy (non-hydrogen) atoms. The van der Waals surface area contributed by atoms with Gasteiger partial charge in [-0.3, -0.25) is 0 Å². The molecule has 1 aromatic carbocycles. The van der Waals surface area contributed by atoms with Gasteiger partial charge in [0.2, 0.25) is 11.5 Å². The van der Waals surface area contributed by atoms with Crippen molar-refractivity contribution >= 4 is 17.7 Å². The summed E-state index contributed by atoms with van der Waals surface area (Å²) in [6, 6.07) is 4.76. The Hall–Kier alpha value is -4.53. The number of unbranched alkanes of at least 4 members (excludes halogenated alkanes) is 2. The van der Waals surface area contributed by atoms with Crippen LogP contribution in [-0.4, -0.2) is 92.9 Å². The highest BCUT2D eigenvalue weighted by Crippen LogP contribution is 2.63. The number of rotatable bonds is 19. The summed E-state index contributed by atoms with van der Waals surface area (Å²) in [7, 11) is 0. The molecular weight excluding hydrogens is 745 g/mol. The third-order valence-corrected chi connectivity index (χ3v) is 10.5. The first-order valence-corrected chi connectivity index (χ1v) is 20.5. The van der Waals surface area contributed by atoms with Crippen molar-refractivity contribution in [3.8, 4) is 11.5 Å². The van der Waals surface area contributed by atoms with Crippen LogP contribution in [0.15, 0.2) is 60.3 Å². The van der Waals surface area contributed by atoms with Crippen molar-refractivity contribution in [2.24, 2.45) is 22.9 Å². The predicted octanol–water partition coefficient (Wildman–Crippen LogP) is 7.28. The highest BCUT2D eigenvalue weighted by Gasteiger charge is 2.65. The van der Waals surface area contributed by atoms with Gasteiger partial charge in [0.05, 0.1) is 18.2 Å². The second-order valence-corrected chi connectivity index (χ2v) is 17.0. The number of ether oxygens (including phenoxy) is 5. The highest BCUT2D eigenvalue weighted by molar-refractivity contribution is 6.03. The van der Waals surface area contributed by atoms with Crippen LogP contribution < -0.4 is 9.47 Å². The van der Waals surface area contributed by atoms with Crippen LogP contribution in [0.5, 0.6) is 11.5 Å². The molecule has 2 aliphatic carbocycles. The van der Waals surface area contributed by atoms with E-state index in [2.05, 4.69) is 29.5 Å². The van der Waals surface area contributed by atoms with Crippen LogP contribution in [-0.2, 0) is 19.0 Å². The van der Waals surface area contributed by atoms with Crippen molar-refractivity contribution in [1.82, 2.24) is 15.0 Å². The fourth-order valence-corrected chi connectivity index (χ4v) is 8.46. The van der Waals surface area contributed by atoms with Crippen molar-refractivity contribution in [3.63, 3.8) is 0 Å². The van der Waals surface area contributed by atoms with Gasteiger partial charge < -0.3 is 38.7 Å². The average Bonchev–Trinajstić information content (AvgIpc) is 3.61. The third-order valence-electron chi connectivity index (χ3n) is 10.5. The molecule has 14 nitrogen and oxygen atoms in total. The fraction of sp³-hybridized carbons (Fsp3) is 0.614. The number of hydrogen-bond acceptors (Lipinski definition) is 13. The summed E-state index contributed by atoms with van der Waals surface area (Å²) in [5.74, 6) is -2.83. The monoisotopic (exact) mass is 806 g/mol. The van der Waals surface area contributed by atoms with Gasteiger partial charge in [0.15, 0.2) is 5.69 Å². The molecule has 2 aromatic rings. The smallest absolute Gasteiger partial charge is 0.362 e. The summed E-state index contributed by atoms with van der Waals surface area (Å²) >= 11 is 0. The highest BCUT2D eigenvalue weighted by atomic mass is 16.7. The van der Waals surface area contributed by atoms with E-state index in [1.54, 1.807) is 53.7 Å². The second kappa shape index (κ2) is 19.0. The van der Waals surface area contributed by atoms with E-state index in [4.69, 9.17) is 33.7 Å². The standard InChI is InChI=1S/C44H62N4O10/c1-10-23-53-29-19-20-34-32(26-29)36-30(18-14-16-22-50)28(17-13-15-21-49)25-31-33(46-55-12-3)27-35(44(56-34,37(31)36)54-24-11-2)48-39(41(52)58-43(7,8)9)38(45-47-48)40(51)57-42(4,5)6/h10-11,19-20,25-26,28,30,35-37,49-50H,1-2,12-18,21-24,27H2,3-9H3. The van der Waals surface area contributed by atoms with E-state index in [9.17, 15) is 19.8 Å². The molecule has 14 heteroatoms. The quantitative estimate of drug-likeness (QED) is 0.0630. The number of carbonyl (C=O) groups excluding carboxylic acids is 2. The zero-order valence-corrected chi connectivity index (χ0v) is 35.2. The topological polar surface area (TPSA) is 173 Å². The number of carbonyl (C=O) groups is 2. The number of fused-ring (bicyclic) bond motifs is 2. The Morgan fingerprint density at radius 1 is 0.983 bits per heavy atom. The van der Waals surface area contributed by atoms with Gasteiger partial charge in [-0.2, -0.15) is 0 Å². The Morgan fingerprint density at radius 3 is 2.29 bits per heavy atom. The number of oxime groups is 1. The van der Waals surface area contributed by atoms with Crippen molar-refractivity contribution in [1.29, 1.82) is 0 Å². The van der Waals surface area contributed by atoms with Crippen LogP contribution >= 0.6 is 0 Å². The molecule has 318 valence electrons. The lowest BCUT2D eigenvalue weighted by atomic mass is 9.55. The lowest BCUT2D eigenvalue weighted by Crippen LogP contribution is -2.63. The van der Waals surface area contributed by atoms with Crippen LogP contribution in [0.25, 0.3) is 0 Å². The SMILES string of the molecule is C=CCOc1ccc2c(c1)C1C(CCCCO)C(CCCCO)C=C3C(=NOCC)CC(n4nnc(C(=O)OC(C)(C)C)c4C(=O)OC(C)(C)C)C(OCC=C)(O2)C31. The number of aromatic nitrogens is 3. The number of hydrogen-bond donors (Lipinski definition) is 2. The van der Waals surface area contributed by atoms with Gasteiger partial charge in [0, 0.05) is 31.1 Å². The number of esters is 2. The molecule has 1 fully saturated rings. The van der Waals surface area contributed by atoms with Gasteiger partial charge in [0.1, 0.15) is 42.0 Å². The van der Waals surface area contributed by atoms with E-state index < -0.39 is 40.9 Å². The Balaban J connectivity index is 1.85. The molecule has 0 spiro atoms. The van der Waals surface area contributed by atoms with Gasteiger partial charge in [-0.15, -0.1) is 11.7 Å². The second-order valence-electron chi connectivity index (χ2n) is 17.0. The van der Waals surface area contributed by atoms with Gasteiger partial charge in [0.25, 0.3) is 0 Å². The van der Waals surface area contributed by atoms with Gasteiger partial charge in [-0.25, -0.2) is 14.3 Å². The van der Waals surface area contributed by atoms with E-state index >= 15 is 0 Å².